The fourth-order valence-electron chi connectivity index (χ4n) is 1.54. The first-order valence-electron chi connectivity index (χ1n) is 4.58. The van der Waals surface area contributed by atoms with Crippen LogP contribution in [0.3, 0.4) is 0 Å². The van der Waals surface area contributed by atoms with E-state index in [1.54, 1.807) is 0 Å². The molecule has 1 aromatic heterocycles. The molecule has 6 nitrogen and oxygen atoms in total. The zero-order valence-electron chi connectivity index (χ0n) is 7.93. The number of nitrogens with one attached hydrogen (secondary N) is 2. The van der Waals surface area contributed by atoms with Gasteiger partial charge in [0.05, 0.1) is 11.5 Å². The molecule has 0 amide bonds. The van der Waals surface area contributed by atoms with Gasteiger partial charge in [-0.1, -0.05) is 0 Å². The molecule has 15 heavy (non-hydrogen) atoms. The van der Waals surface area contributed by atoms with E-state index < -0.39 is 9.84 Å². The first-order valence-corrected chi connectivity index (χ1v) is 6.40. The summed E-state index contributed by atoms with van der Waals surface area (Å²) in [6.45, 7) is 0. The Balaban J connectivity index is 2.05. The van der Waals surface area contributed by atoms with Gasteiger partial charge in [0.25, 0.3) is 5.56 Å². The summed E-state index contributed by atoms with van der Waals surface area (Å²) in [4.78, 5) is 10.7. The predicted octanol–water partition coefficient (Wildman–Crippen LogP) is -0.631. The van der Waals surface area contributed by atoms with Crippen molar-refractivity contribution >= 4 is 15.7 Å². The van der Waals surface area contributed by atoms with Crippen LogP contribution < -0.4 is 10.9 Å². The number of nitrogens with zero attached hydrogens (tertiary/aromatic N) is 1. The monoisotopic (exact) mass is 229 g/mol. The van der Waals surface area contributed by atoms with Crippen LogP contribution in [-0.4, -0.2) is 36.2 Å². The maximum Gasteiger partial charge on any atom is 0.264 e. The van der Waals surface area contributed by atoms with Crippen molar-refractivity contribution in [3.63, 3.8) is 0 Å². The second-order valence-corrected chi connectivity index (χ2v) is 5.78. The zero-order chi connectivity index (χ0) is 10.9. The molecule has 7 heteroatoms. The van der Waals surface area contributed by atoms with Crippen molar-refractivity contribution in [3.8, 4) is 0 Å². The van der Waals surface area contributed by atoms with Gasteiger partial charge in [0.2, 0.25) is 0 Å². The van der Waals surface area contributed by atoms with E-state index in [0.717, 1.165) is 0 Å². The Labute approximate surface area is 86.6 Å². The number of rotatable bonds is 2. The van der Waals surface area contributed by atoms with Crippen molar-refractivity contribution in [2.24, 2.45) is 0 Å². The highest BCUT2D eigenvalue weighted by Gasteiger charge is 2.27. The van der Waals surface area contributed by atoms with E-state index in [-0.39, 0.29) is 23.1 Å². The van der Waals surface area contributed by atoms with Crippen LogP contribution in [0.2, 0.25) is 0 Å². The molecule has 0 aliphatic carbocycles. The predicted molar refractivity (Wildman–Crippen MR) is 55.5 cm³/mol. The van der Waals surface area contributed by atoms with E-state index >= 15 is 0 Å². The van der Waals surface area contributed by atoms with Crippen molar-refractivity contribution in [1.29, 1.82) is 0 Å². The van der Waals surface area contributed by atoms with E-state index in [1.807, 2.05) is 0 Å². The largest absolute Gasteiger partial charge is 0.365 e. The van der Waals surface area contributed by atoms with Crippen LogP contribution in [0.1, 0.15) is 6.42 Å². The third kappa shape index (κ3) is 2.56. The average Bonchev–Trinajstić information content (AvgIpc) is 2.50. The van der Waals surface area contributed by atoms with Crippen LogP contribution in [0.5, 0.6) is 0 Å². The lowest BCUT2D eigenvalue weighted by Gasteiger charge is -2.09. The third-order valence-corrected chi connectivity index (χ3v) is 4.03. The normalized spacial score (nSPS) is 23.9. The molecule has 1 saturated heterocycles. The molecule has 2 heterocycles. The van der Waals surface area contributed by atoms with Gasteiger partial charge in [-0.15, -0.1) is 0 Å². The molecule has 0 aromatic carbocycles. The number of sulfone groups is 1. The number of hydrogen-bond donors (Lipinski definition) is 2. The van der Waals surface area contributed by atoms with E-state index in [2.05, 4.69) is 15.5 Å². The lowest BCUT2D eigenvalue weighted by Crippen LogP contribution is -2.22. The summed E-state index contributed by atoms with van der Waals surface area (Å²) in [5.41, 5.74) is -0.278. The number of anilines is 1. The Bertz CT molecular complexity index is 488. The maximum absolute atomic E-state index is 11.2. The minimum Gasteiger partial charge on any atom is -0.365 e. The first-order chi connectivity index (χ1) is 7.05. The Hall–Kier alpha value is -1.37. The number of hydrogen-bond acceptors (Lipinski definition) is 5. The van der Waals surface area contributed by atoms with Crippen molar-refractivity contribution in [1.82, 2.24) is 10.2 Å². The van der Waals surface area contributed by atoms with Crippen molar-refractivity contribution < 1.29 is 8.42 Å². The lowest BCUT2D eigenvalue weighted by molar-refractivity contribution is 0.602. The zero-order valence-corrected chi connectivity index (χ0v) is 8.75. The van der Waals surface area contributed by atoms with Gasteiger partial charge in [-0.05, 0) is 12.5 Å². The molecule has 0 radical (unpaired) electrons. The second kappa shape index (κ2) is 3.65. The average molecular weight is 229 g/mol. The highest BCUT2D eigenvalue weighted by atomic mass is 32.2. The SMILES string of the molecule is O=c1ccc(N[C@H]2CCS(=O)(=O)C2)n[nH]1. The molecular weight excluding hydrogens is 218 g/mol. The minimum atomic E-state index is -2.89. The molecule has 1 atom stereocenters. The summed E-state index contributed by atoms with van der Waals surface area (Å²) >= 11 is 0. The summed E-state index contributed by atoms with van der Waals surface area (Å²) in [7, 11) is -2.89. The van der Waals surface area contributed by atoms with Crippen LogP contribution in [0.4, 0.5) is 5.82 Å². The van der Waals surface area contributed by atoms with Crippen LogP contribution >= 0.6 is 0 Å². The van der Waals surface area contributed by atoms with Gasteiger partial charge in [-0.25, -0.2) is 13.5 Å². The van der Waals surface area contributed by atoms with Gasteiger partial charge in [0, 0.05) is 12.1 Å². The molecule has 1 aromatic rings. The molecule has 1 aliphatic rings. The first kappa shape index (κ1) is 10.2. The van der Waals surface area contributed by atoms with Crippen LogP contribution in [-0.2, 0) is 9.84 Å². The Kier molecular flexibility index (Phi) is 2.47. The molecule has 0 unspecified atom stereocenters. The molecule has 1 fully saturated rings. The van der Waals surface area contributed by atoms with Crippen LogP contribution in [0, 0.1) is 0 Å². The van der Waals surface area contributed by atoms with E-state index in [1.165, 1.54) is 12.1 Å². The van der Waals surface area contributed by atoms with Gasteiger partial charge in [0.15, 0.2) is 9.84 Å². The third-order valence-electron chi connectivity index (χ3n) is 2.26. The minimum absolute atomic E-state index is 0.103. The Morgan fingerprint density at radius 1 is 1.47 bits per heavy atom. The van der Waals surface area contributed by atoms with E-state index in [0.29, 0.717) is 12.2 Å². The summed E-state index contributed by atoms with van der Waals surface area (Å²) in [5, 5.41) is 8.99. The van der Waals surface area contributed by atoms with Crippen LogP contribution in [0.25, 0.3) is 0 Å². The maximum atomic E-state index is 11.2. The van der Waals surface area contributed by atoms with Gasteiger partial charge in [-0.2, -0.15) is 5.10 Å². The summed E-state index contributed by atoms with van der Waals surface area (Å²) in [6, 6.07) is 2.77. The standard InChI is InChI=1S/C8H11N3O3S/c12-8-2-1-7(10-11-8)9-6-3-4-15(13,14)5-6/h1-2,6H,3-5H2,(H,9,10)(H,11,12)/t6-/m0/s1. The molecule has 0 bridgehead atoms. The number of H-pyrrole nitrogens is 1. The number of aromatic amines is 1. The fourth-order valence-corrected chi connectivity index (χ4v) is 3.22. The molecule has 2 rings (SSSR count). The van der Waals surface area contributed by atoms with Crippen molar-refractivity contribution in [2.45, 2.75) is 12.5 Å². The summed E-state index contributed by atoms with van der Waals surface area (Å²) in [5.74, 6) is 0.846. The van der Waals surface area contributed by atoms with Gasteiger partial charge in [0.1, 0.15) is 5.82 Å². The Morgan fingerprint density at radius 2 is 2.27 bits per heavy atom. The van der Waals surface area contributed by atoms with Gasteiger partial charge in [-0.3, -0.25) is 4.79 Å². The highest BCUT2D eigenvalue weighted by molar-refractivity contribution is 7.91. The van der Waals surface area contributed by atoms with Crippen LogP contribution in [0.15, 0.2) is 16.9 Å². The number of aromatic nitrogens is 2. The van der Waals surface area contributed by atoms with Gasteiger partial charge < -0.3 is 5.32 Å². The molecule has 0 saturated carbocycles. The van der Waals surface area contributed by atoms with E-state index in [9.17, 15) is 13.2 Å². The Morgan fingerprint density at radius 3 is 2.80 bits per heavy atom. The summed E-state index contributed by atoms with van der Waals surface area (Å²) in [6.07, 6.45) is 0.586. The quantitative estimate of drug-likeness (QED) is 0.704. The van der Waals surface area contributed by atoms with Crippen molar-refractivity contribution in [2.75, 3.05) is 16.8 Å². The fraction of sp³-hybridized carbons (Fsp3) is 0.500. The molecule has 0 spiro atoms. The summed E-state index contributed by atoms with van der Waals surface area (Å²) < 4.78 is 22.3. The highest BCUT2D eigenvalue weighted by Crippen LogP contribution is 2.14. The molecule has 2 N–H and O–H groups in total. The topological polar surface area (TPSA) is 91.9 Å². The molecule has 82 valence electrons. The second-order valence-electron chi connectivity index (χ2n) is 3.55. The van der Waals surface area contributed by atoms with E-state index in [4.69, 9.17) is 0 Å². The molecule has 1 aliphatic heterocycles. The lowest BCUT2D eigenvalue weighted by atomic mass is 10.2. The van der Waals surface area contributed by atoms with Crippen molar-refractivity contribution in [3.05, 3.63) is 22.5 Å². The smallest absolute Gasteiger partial charge is 0.264 e. The van der Waals surface area contributed by atoms with Gasteiger partial charge >= 0.3 is 0 Å². The molecular formula is C8H11N3O3S.